The minimum absolute atomic E-state index is 0.0906. The molecule has 5 rings (SSSR count). The number of fused-ring (bicyclic) bond motifs is 2. The van der Waals surface area contributed by atoms with E-state index in [0.717, 1.165) is 18.5 Å². The third kappa shape index (κ3) is 3.02. The van der Waals surface area contributed by atoms with Gasteiger partial charge >= 0.3 is 0 Å². The van der Waals surface area contributed by atoms with Gasteiger partial charge in [0.15, 0.2) is 6.17 Å². The van der Waals surface area contributed by atoms with Gasteiger partial charge in [0.05, 0.1) is 23.2 Å². The number of phenolic OH excluding ortho intramolecular Hbond substituents is 1. The van der Waals surface area contributed by atoms with Gasteiger partial charge in [-0.2, -0.15) is 0 Å². The Morgan fingerprint density at radius 2 is 2.10 bits per heavy atom. The molecule has 2 aliphatic heterocycles. The highest BCUT2D eigenvalue weighted by atomic mass is 19.1. The molecule has 0 saturated carbocycles. The lowest BCUT2D eigenvalue weighted by Crippen LogP contribution is -2.60. The molecule has 2 aliphatic rings. The van der Waals surface area contributed by atoms with Crippen molar-refractivity contribution in [3.8, 4) is 28.6 Å². The van der Waals surface area contributed by atoms with Crippen LogP contribution in [0.1, 0.15) is 26.2 Å². The van der Waals surface area contributed by atoms with Crippen LogP contribution in [0.3, 0.4) is 0 Å². The fourth-order valence-corrected chi connectivity index (χ4v) is 4.74. The summed E-state index contributed by atoms with van der Waals surface area (Å²) < 4.78 is 22.9. The van der Waals surface area contributed by atoms with Crippen molar-refractivity contribution in [2.45, 2.75) is 50.0 Å². The minimum atomic E-state index is -1.08. The van der Waals surface area contributed by atoms with Gasteiger partial charge < -0.3 is 14.4 Å². The molecule has 1 aromatic carbocycles. The number of benzene rings is 1. The minimum Gasteiger partial charge on any atom is -0.507 e. The van der Waals surface area contributed by atoms with E-state index in [-0.39, 0.29) is 5.75 Å². The summed E-state index contributed by atoms with van der Waals surface area (Å²) >= 11 is 0. The van der Waals surface area contributed by atoms with Crippen LogP contribution in [-0.2, 0) is 0 Å². The summed E-state index contributed by atoms with van der Waals surface area (Å²) in [6.45, 7) is 1.97. The van der Waals surface area contributed by atoms with Gasteiger partial charge in [0.25, 0.3) is 0 Å². The third-order valence-corrected chi connectivity index (χ3v) is 6.73. The van der Waals surface area contributed by atoms with Gasteiger partial charge in [-0.25, -0.2) is 9.37 Å². The van der Waals surface area contributed by atoms with E-state index in [0.29, 0.717) is 29.6 Å². The van der Waals surface area contributed by atoms with Gasteiger partial charge in [-0.3, -0.25) is 4.90 Å². The Balaban J connectivity index is 1.33. The van der Waals surface area contributed by atoms with E-state index in [2.05, 4.69) is 20.1 Å². The molecular weight excluding hydrogens is 385 g/mol. The number of rotatable bonds is 4. The van der Waals surface area contributed by atoms with Crippen LogP contribution in [0.5, 0.6) is 11.6 Å². The Bertz CT molecular complexity index is 1040. The average molecular weight is 409 g/mol. The van der Waals surface area contributed by atoms with Gasteiger partial charge in [-0.05, 0) is 45.0 Å². The number of imidazole rings is 1. The number of alkyl halides is 1. The topological polar surface area (TPSA) is 76.3 Å². The Morgan fingerprint density at radius 3 is 2.80 bits per heavy atom. The molecule has 3 aromatic rings. The summed E-state index contributed by atoms with van der Waals surface area (Å²) in [7, 11) is 2.00. The van der Waals surface area contributed by atoms with Crippen LogP contribution in [0.25, 0.3) is 16.9 Å². The number of aromatic hydroxyl groups is 1. The van der Waals surface area contributed by atoms with Crippen LogP contribution in [0, 0.1) is 0 Å². The number of halogens is 1. The summed E-state index contributed by atoms with van der Waals surface area (Å²) in [6.07, 6.45) is 6.01. The number of ether oxygens (including phenoxy) is 1. The van der Waals surface area contributed by atoms with Gasteiger partial charge in [-0.15, -0.1) is 10.2 Å². The predicted octanol–water partition coefficient (Wildman–Crippen LogP) is 3.38. The largest absolute Gasteiger partial charge is 0.507 e. The van der Waals surface area contributed by atoms with Crippen molar-refractivity contribution >= 4 is 0 Å². The highest BCUT2D eigenvalue weighted by Gasteiger charge is 2.55. The normalized spacial score (nSPS) is 28.6. The molecule has 2 fully saturated rings. The van der Waals surface area contributed by atoms with Crippen LogP contribution in [0.15, 0.2) is 49.1 Å². The SMILES string of the molecule is CN1[C@H]2CC[C@]1(C)[C@@H](F)[C@@H](Oc1ccc(-c3ccc(-n4ccnc4)cc3O)nn1)C2. The second kappa shape index (κ2) is 7.05. The number of aromatic nitrogens is 4. The van der Waals surface area contributed by atoms with E-state index >= 15 is 4.39 Å². The van der Waals surface area contributed by atoms with Crippen molar-refractivity contribution in [3.63, 3.8) is 0 Å². The second-order valence-electron chi connectivity index (χ2n) is 8.38. The third-order valence-electron chi connectivity index (χ3n) is 6.73. The van der Waals surface area contributed by atoms with Crippen molar-refractivity contribution in [2.75, 3.05) is 7.05 Å². The molecule has 30 heavy (non-hydrogen) atoms. The highest BCUT2D eigenvalue weighted by molar-refractivity contribution is 5.68. The smallest absolute Gasteiger partial charge is 0.233 e. The van der Waals surface area contributed by atoms with Crippen molar-refractivity contribution in [1.29, 1.82) is 0 Å². The molecule has 0 amide bonds. The van der Waals surface area contributed by atoms with Gasteiger partial charge in [0.2, 0.25) is 5.88 Å². The first-order chi connectivity index (χ1) is 14.5. The van der Waals surface area contributed by atoms with Gasteiger partial charge in [-0.1, -0.05) is 0 Å². The quantitative estimate of drug-likeness (QED) is 0.712. The van der Waals surface area contributed by atoms with E-state index in [4.69, 9.17) is 4.74 Å². The Morgan fingerprint density at radius 1 is 1.23 bits per heavy atom. The molecule has 7 nitrogen and oxygen atoms in total. The molecule has 2 bridgehead atoms. The van der Waals surface area contributed by atoms with Gasteiger partial charge in [0.1, 0.15) is 11.9 Å². The van der Waals surface area contributed by atoms with Crippen molar-refractivity contribution < 1.29 is 14.2 Å². The second-order valence-corrected chi connectivity index (χ2v) is 8.38. The van der Waals surface area contributed by atoms with Crippen LogP contribution in [0.2, 0.25) is 0 Å². The summed E-state index contributed by atoms with van der Waals surface area (Å²) in [5.41, 5.74) is 1.39. The molecular formula is C22H24FN5O2. The average Bonchev–Trinajstić information content (AvgIpc) is 3.35. The summed E-state index contributed by atoms with van der Waals surface area (Å²) in [5, 5.41) is 18.8. The lowest BCUT2D eigenvalue weighted by molar-refractivity contribution is -0.0596. The zero-order chi connectivity index (χ0) is 20.9. The zero-order valence-corrected chi connectivity index (χ0v) is 16.9. The van der Waals surface area contributed by atoms with E-state index in [9.17, 15) is 5.11 Å². The molecule has 4 heterocycles. The number of nitrogens with zero attached hydrogens (tertiary/aromatic N) is 5. The molecule has 2 saturated heterocycles. The van der Waals surface area contributed by atoms with Crippen LogP contribution in [0.4, 0.5) is 4.39 Å². The predicted molar refractivity (Wildman–Crippen MR) is 109 cm³/mol. The molecule has 0 radical (unpaired) electrons. The maximum atomic E-state index is 15.2. The number of hydrogen-bond donors (Lipinski definition) is 1. The van der Waals surface area contributed by atoms with E-state index in [1.807, 2.05) is 20.0 Å². The molecule has 156 valence electrons. The first-order valence-corrected chi connectivity index (χ1v) is 10.1. The first kappa shape index (κ1) is 19.0. The monoisotopic (exact) mass is 409 g/mol. The Labute approximate surface area is 174 Å². The lowest BCUT2D eigenvalue weighted by atomic mass is 9.87. The lowest BCUT2D eigenvalue weighted by Gasteiger charge is -2.45. The Kier molecular flexibility index (Phi) is 4.47. The molecule has 2 aromatic heterocycles. The van der Waals surface area contributed by atoms with E-state index < -0.39 is 17.8 Å². The van der Waals surface area contributed by atoms with Crippen LogP contribution >= 0.6 is 0 Å². The number of hydrogen-bond acceptors (Lipinski definition) is 6. The summed E-state index contributed by atoms with van der Waals surface area (Å²) in [5.74, 6) is 0.390. The fourth-order valence-electron chi connectivity index (χ4n) is 4.74. The van der Waals surface area contributed by atoms with Gasteiger partial charge in [0, 0.05) is 42.6 Å². The first-order valence-electron chi connectivity index (χ1n) is 10.1. The standard InChI is InChI=1S/C22H24FN5O2/c1-22-8-7-14(27(22)2)12-19(21(22)23)30-20-6-5-17(25-26-20)16-4-3-15(11-18(16)29)28-10-9-24-13-28/h3-6,9-11,13-14,19,21,29H,7-8,12H2,1-2H3/t14-,19-,21-,22+/m0/s1. The van der Waals surface area contributed by atoms with Crippen molar-refractivity contribution in [3.05, 3.63) is 49.1 Å². The van der Waals surface area contributed by atoms with Crippen molar-refractivity contribution in [1.82, 2.24) is 24.6 Å². The fraction of sp³-hybridized carbons (Fsp3) is 0.409. The van der Waals surface area contributed by atoms with E-state index in [1.165, 1.54) is 0 Å². The molecule has 8 heteroatoms. The number of piperidine rings is 1. The molecule has 0 spiro atoms. The summed E-state index contributed by atoms with van der Waals surface area (Å²) in [4.78, 5) is 6.16. The molecule has 0 aliphatic carbocycles. The summed E-state index contributed by atoms with van der Waals surface area (Å²) in [6, 6.07) is 9.04. The number of phenols is 1. The highest BCUT2D eigenvalue weighted by Crippen LogP contribution is 2.45. The van der Waals surface area contributed by atoms with E-state index in [1.54, 1.807) is 47.6 Å². The van der Waals surface area contributed by atoms with Crippen LogP contribution in [-0.4, -0.2) is 60.7 Å². The zero-order valence-electron chi connectivity index (χ0n) is 16.9. The molecule has 0 unspecified atom stereocenters. The Hall–Kier alpha value is -3.00. The van der Waals surface area contributed by atoms with Crippen LogP contribution < -0.4 is 4.74 Å². The molecule has 4 atom stereocenters. The maximum absolute atomic E-state index is 15.2. The molecule has 1 N–H and O–H groups in total. The maximum Gasteiger partial charge on any atom is 0.233 e. The van der Waals surface area contributed by atoms with Crippen molar-refractivity contribution in [2.24, 2.45) is 0 Å².